The van der Waals surface area contributed by atoms with Gasteiger partial charge in [-0.1, -0.05) is 22.3 Å². The topological polar surface area (TPSA) is 53.3 Å². The monoisotopic (exact) mass is 367 g/mol. The van der Waals surface area contributed by atoms with Crippen LogP contribution in [0, 0.1) is 0 Å². The van der Waals surface area contributed by atoms with Crippen molar-refractivity contribution in [3.8, 4) is 0 Å². The Morgan fingerprint density at radius 3 is 2.00 bits per heavy atom. The molecule has 0 aromatic carbocycles. The van der Waals surface area contributed by atoms with Crippen molar-refractivity contribution in [1.29, 1.82) is 0 Å². The van der Waals surface area contributed by atoms with E-state index in [1.807, 2.05) is 0 Å². The SMILES string of the molecule is C.C.C.O=C([O-])c1ccco1.[Pb]. The summed E-state index contributed by atoms with van der Waals surface area (Å²) in [5.74, 6) is -1.42. The van der Waals surface area contributed by atoms with Crippen molar-refractivity contribution in [2.45, 2.75) is 22.3 Å². The molecule has 0 atom stereocenters. The van der Waals surface area contributed by atoms with Gasteiger partial charge in [-0.25, -0.2) is 0 Å². The molecule has 0 aliphatic heterocycles. The van der Waals surface area contributed by atoms with Gasteiger partial charge in [-0.05, 0) is 12.1 Å². The van der Waals surface area contributed by atoms with E-state index in [1.54, 1.807) is 0 Å². The zero-order valence-corrected chi connectivity index (χ0v) is 8.34. The van der Waals surface area contributed by atoms with Crippen LogP contribution >= 0.6 is 0 Å². The summed E-state index contributed by atoms with van der Waals surface area (Å²) >= 11 is 0. The molecule has 3 nitrogen and oxygen atoms in total. The van der Waals surface area contributed by atoms with Crippen LogP contribution < -0.4 is 5.11 Å². The molecular weight excluding hydrogens is 351 g/mol. The van der Waals surface area contributed by atoms with Gasteiger partial charge in [-0.15, -0.1) is 0 Å². The first kappa shape index (κ1) is 22.6. The van der Waals surface area contributed by atoms with Crippen molar-refractivity contribution in [1.82, 2.24) is 0 Å². The van der Waals surface area contributed by atoms with Crippen molar-refractivity contribution in [3.63, 3.8) is 0 Å². The van der Waals surface area contributed by atoms with Crippen LogP contribution in [0.5, 0.6) is 0 Å². The second-order valence-corrected chi connectivity index (χ2v) is 1.26. The molecule has 1 aromatic heterocycles. The van der Waals surface area contributed by atoms with Crippen LogP contribution in [-0.2, 0) is 0 Å². The number of hydrogen-bond acceptors (Lipinski definition) is 3. The Kier molecular flexibility index (Phi) is 20.1. The van der Waals surface area contributed by atoms with Gasteiger partial charge in [-0.3, -0.25) is 0 Å². The summed E-state index contributed by atoms with van der Waals surface area (Å²) in [6.45, 7) is 0. The molecule has 0 fully saturated rings. The van der Waals surface area contributed by atoms with Crippen molar-refractivity contribution in [2.24, 2.45) is 0 Å². The van der Waals surface area contributed by atoms with E-state index in [2.05, 4.69) is 4.42 Å². The fourth-order valence-corrected chi connectivity index (χ4v) is 0.395. The molecule has 0 N–H and O–H groups in total. The third-order valence-electron chi connectivity index (χ3n) is 0.722. The Morgan fingerprint density at radius 1 is 1.33 bits per heavy atom. The first-order valence-electron chi connectivity index (χ1n) is 2.05. The summed E-state index contributed by atoms with van der Waals surface area (Å²) in [6.07, 6.45) is 1.28. The van der Waals surface area contributed by atoms with Crippen molar-refractivity contribution >= 4 is 33.3 Å². The molecule has 1 heterocycles. The molecule has 0 spiro atoms. The maximum absolute atomic E-state index is 9.86. The fourth-order valence-electron chi connectivity index (χ4n) is 0.395. The third kappa shape index (κ3) is 6.39. The summed E-state index contributed by atoms with van der Waals surface area (Å²) in [6, 6.07) is 2.82. The van der Waals surface area contributed by atoms with Crippen LogP contribution in [0.1, 0.15) is 32.8 Å². The molecule has 0 aliphatic carbocycles. The molecule has 0 bridgehead atoms. The van der Waals surface area contributed by atoms with Crippen molar-refractivity contribution in [3.05, 3.63) is 24.2 Å². The Labute approximate surface area is 93.9 Å². The smallest absolute Gasteiger partial charge is 0.149 e. The standard InChI is InChI=1S/C5H4O3.3CH4.Pb/c6-5(7)4-2-1-3-8-4;;;;/h1-3H,(H,6,7);3*1H4;/p-1. The van der Waals surface area contributed by atoms with Crippen LogP contribution in [0.2, 0.25) is 0 Å². The Balaban J connectivity index is -0.0000000800. The molecule has 12 heavy (non-hydrogen) atoms. The average molecular weight is 366 g/mol. The van der Waals surface area contributed by atoms with E-state index in [0.717, 1.165) is 0 Å². The maximum atomic E-state index is 9.86. The average Bonchev–Trinajstić information content (AvgIpc) is 2.12. The second kappa shape index (κ2) is 10.7. The largest absolute Gasteiger partial charge is 0.542 e. The van der Waals surface area contributed by atoms with Crippen LogP contribution in [0.15, 0.2) is 22.8 Å². The van der Waals surface area contributed by atoms with Gasteiger partial charge < -0.3 is 14.3 Å². The van der Waals surface area contributed by atoms with Gasteiger partial charge in [0, 0.05) is 27.3 Å². The Morgan fingerprint density at radius 2 is 1.83 bits per heavy atom. The minimum atomic E-state index is -1.28. The first-order valence-corrected chi connectivity index (χ1v) is 2.05. The molecule has 0 unspecified atom stereocenters. The molecule has 0 saturated heterocycles. The summed E-state index contributed by atoms with van der Waals surface area (Å²) in [5.41, 5.74) is 0. The van der Waals surface area contributed by atoms with Gasteiger partial charge in [0.05, 0.1) is 6.26 Å². The molecule has 1 rings (SSSR count). The van der Waals surface area contributed by atoms with Gasteiger partial charge in [0.1, 0.15) is 11.7 Å². The minimum Gasteiger partial charge on any atom is -0.542 e. The van der Waals surface area contributed by atoms with E-state index >= 15 is 0 Å². The number of carboxylic acid groups (broad SMARTS) is 1. The van der Waals surface area contributed by atoms with Crippen molar-refractivity contribution in [2.75, 3.05) is 0 Å². The minimum absolute atomic E-state index is 0. The normalized spacial score (nSPS) is 6.00. The summed E-state index contributed by atoms with van der Waals surface area (Å²) < 4.78 is 4.43. The van der Waals surface area contributed by atoms with E-state index in [9.17, 15) is 9.90 Å². The van der Waals surface area contributed by atoms with Gasteiger partial charge in [0.25, 0.3) is 0 Å². The zero-order valence-electron chi connectivity index (χ0n) is 4.46. The number of carbonyl (C=O) groups is 1. The van der Waals surface area contributed by atoms with Crippen LogP contribution in [0.4, 0.5) is 0 Å². The zero-order chi connectivity index (χ0) is 5.98. The van der Waals surface area contributed by atoms with Gasteiger partial charge >= 0.3 is 0 Å². The quantitative estimate of drug-likeness (QED) is 0.701. The molecule has 4 heteroatoms. The molecule has 0 saturated carbocycles. The molecule has 4 radical (unpaired) electrons. The number of furan rings is 1. The van der Waals surface area contributed by atoms with Gasteiger partial charge in [0.15, 0.2) is 0 Å². The first-order chi connectivity index (χ1) is 3.80. The molecule has 0 amide bonds. The van der Waals surface area contributed by atoms with Crippen LogP contribution in [-0.4, -0.2) is 33.3 Å². The van der Waals surface area contributed by atoms with Crippen molar-refractivity contribution < 1.29 is 14.3 Å². The third-order valence-corrected chi connectivity index (χ3v) is 0.722. The van der Waals surface area contributed by atoms with Crippen LogP contribution in [0.3, 0.4) is 0 Å². The molecule has 1 aromatic rings. The van der Waals surface area contributed by atoms with E-state index in [0.29, 0.717) is 0 Å². The molecule has 70 valence electrons. The predicted octanol–water partition coefficient (Wildman–Crippen LogP) is 1.17. The summed E-state index contributed by atoms with van der Waals surface area (Å²) in [7, 11) is 0. The number of hydrogen-bond donors (Lipinski definition) is 0. The molecule has 0 aliphatic rings. The van der Waals surface area contributed by atoms with E-state index in [1.165, 1.54) is 18.4 Å². The Bertz CT molecular complexity index is 182. The van der Waals surface area contributed by atoms with Gasteiger partial charge in [0.2, 0.25) is 0 Å². The molecular formula is C8H15O3Pb-. The number of aromatic carboxylic acids is 1. The van der Waals surface area contributed by atoms with E-state index in [4.69, 9.17) is 0 Å². The second-order valence-electron chi connectivity index (χ2n) is 1.26. The summed E-state index contributed by atoms with van der Waals surface area (Å²) in [4.78, 5) is 9.86. The fraction of sp³-hybridized carbons (Fsp3) is 0.375. The maximum Gasteiger partial charge on any atom is 0.149 e. The van der Waals surface area contributed by atoms with Gasteiger partial charge in [-0.2, -0.15) is 0 Å². The Hall–Kier alpha value is -0.328. The number of rotatable bonds is 1. The van der Waals surface area contributed by atoms with E-state index < -0.39 is 5.97 Å². The predicted molar refractivity (Wildman–Crippen MR) is 49.0 cm³/mol. The van der Waals surface area contributed by atoms with Crippen LogP contribution in [0.25, 0.3) is 0 Å². The number of carboxylic acids is 1. The number of carbonyl (C=O) groups excluding carboxylic acids is 1. The van der Waals surface area contributed by atoms with E-state index in [-0.39, 0.29) is 55.3 Å². The summed E-state index contributed by atoms with van der Waals surface area (Å²) in [5, 5.41) is 9.86.